The van der Waals surface area contributed by atoms with Gasteiger partial charge in [0.2, 0.25) is 0 Å². The molecule has 0 saturated heterocycles. The first kappa shape index (κ1) is 56.4. The molecule has 0 aromatic heterocycles. The molecule has 0 radical (unpaired) electrons. The summed E-state index contributed by atoms with van der Waals surface area (Å²) in [5, 5.41) is 0. The minimum absolute atomic E-state index is 0.0659. The summed E-state index contributed by atoms with van der Waals surface area (Å²) in [6, 6.07) is 0. The second-order valence-electron chi connectivity index (χ2n) is 19.2. The highest BCUT2D eigenvalue weighted by Crippen LogP contribution is 2.17. The fourth-order valence-electron chi connectivity index (χ4n) is 7.76. The van der Waals surface area contributed by atoms with E-state index in [0.29, 0.717) is 19.3 Å². The first-order chi connectivity index (χ1) is 28.1. The van der Waals surface area contributed by atoms with Gasteiger partial charge in [0.1, 0.15) is 13.2 Å². The zero-order chi connectivity index (χ0) is 42.7. The van der Waals surface area contributed by atoms with E-state index in [-0.39, 0.29) is 31.1 Å². The van der Waals surface area contributed by atoms with Crippen LogP contribution in [0.15, 0.2) is 0 Å². The first-order valence-electron chi connectivity index (χ1n) is 25.6. The van der Waals surface area contributed by atoms with E-state index in [1.165, 1.54) is 161 Å². The molecule has 0 unspecified atom stereocenters. The van der Waals surface area contributed by atoms with Crippen LogP contribution >= 0.6 is 0 Å². The zero-order valence-electron chi connectivity index (χ0n) is 39.8. The molecule has 0 bridgehead atoms. The van der Waals surface area contributed by atoms with Gasteiger partial charge in [-0.1, -0.05) is 241 Å². The number of unbranched alkanes of at least 4 members (excludes halogenated alkanes) is 28. The zero-order valence-corrected chi connectivity index (χ0v) is 39.8. The Balaban J connectivity index is 4.24. The van der Waals surface area contributed by atoms with Crippen molar-refractivity contribution in [1.29, 1.82) is 0 Å². The van der Waals surface area contributed by atoms with Gasteiger partial charge in [0.15, 0.2) is 6.10 Å². The molecule has 0 heterocycles. The standard InChI is InChI=1S/C52H100O6/c1-46(2)38-32-26-20-16-13-11-9-7-8-10-12-14-18-23-31-37-43-52(55)58-49(45-57-51(54)42-36-30-25-24-28-34-40-48(5)6)44-56-50(53)41-35-29-22-19-15-17-21-27-33-39-47(3)4/h46-49H,7-45H2,1-6H3/t49-/m1/s1. The third-order valence-electron chi connectivity index (χ3n) is 11.6. The van der Waals surface area contributed by atoms with E-state index in [0.717, 1.165) is 75.5 Å². The predicted molar refractivity (Wildman–Crippen MR) is 247 cm³/mol. The fourth-order valence-corrected chi connectivity index (χ4v) is 7.76. The topological polar surface area (TPSA) is 78.9 Å². The summed E-state index contributed by atoms with van der Waals surface area (Å²) in [6.45, 7) is 13.6. The molecular weight excluding hydrogens is 721 g/mol. The molecule has 0 aromatic rings. The summed E-state index contributed by atoms with van der Waals surface area (Å²) in [6.07, 6.45) is 42.5. The Bertz CT molecular complexity index is 898. The molecular formula is C52H100O6. The SMILES string of the molecule is CC(C)CCCCCCCCCCCCCCCCCCC(=O)O[C@H](COC(=O)CCCCCCCCCCCC(C)C)COC(=O)CCCCCCCCC(C)C. The van der Waals surface area contributed by atoms with Gasteiger partial charge in [0.25, 0.3) is 0 Å². The molecule has 0 rings (SSSR count). The number of ether oxygens (including phenoxy) is 3. The average molecular weight is 821 g/mol. The van der Waals surface area contributed by atoms with Crippen molar-refractivity contribution in [3.63, 3.8) is 0 Å². The van der Waals surface area contributed by atoms with Crippen molar-refractivity contribution in [3.05, 3.63) is 0 Å². The van der Waals surface area contributed by atoms with Gasteiger partial charge in [-0.2, -0.15) is 0 Å². The van der Waals surface area contributed by atoms with Gasteiger partial charge in [-0.05, 0) is 37.0 Å². The highest BCUT2D eigenvalue weighted by atomic mass is 16.6. The Morgan fingerprint density at radius 2 is 0.500 bits per heavy atom. The molecule has 0 aliphatic heterocycles. The molecule has 0 aliphatic rings. The van der Waals surface area contributed by atoms with E-state index < -0.39 is 6.10 Å². The lowest BCUT2D eigenvalue weighted by molar-refractivity contribution is -0.167. The summed E-state index contributed by atoms with van der Waals surface area (Å²) >= 11 is 0. The molecule has 0 amide bonds. The Morgan fingerprint density at radius 3 is 0.741 bits per heavy atom. The molecule has 0 aromatic carbocycles. The summed E-state index contributed by atoms with van der Waals surface area (Å²) in [4.78, 5) is 37.8. The summed E-state index contributed by atoms with van der Waals surface area (Å²) in [5.41, 5.74) is 0. The number of esters is 3. The van der Waals surface area contributed by atoms with Gasteiger partial charge < -0.3 is 14.2 Å². The van der Waals surface area contributed by atoms with E-state index in [9.17, 15) is 14.4 Å². The van der Waals surface area contributed by atoms with E-state index in [4.69, 9.17) is 14.2 Å². The largest absolute Gasteiger partial charge is 0.462 e. The third-order valence-corrected chi connectivity index (χ3v) is 11.6. The Kier molecular flexibility index (Phi) is 42.3. The average Bonchev–Trinajstić information content (AvgIpc) is 3.18. The van der Waals surface area contributed by atoms with Gasteiger partial charge >= 0.3 is 17.9 Å². The molecule has 344 valence electrons. The minimum atomic E-state index is -0.763. The Labute approximate surface area is 361 Å². The van der Waals surface area contributed by atoms with E-state index >= 15 is 0 Å². The smallest absolute Gasteiger partial charge is 0.306 e. The molecule has 0 N–H and O–H groups in total. The first-order valence-corrected chi connectivity index (χ1v) is 25.6. The lowest BCUT2D eigenvalue weighted by Crippen LogP contribution is -2.30. The molecule has 0 spiro atoms. The van der Waals surface area contributed by atoms with Crippen LogP contribution in [0.4, 0.5) is 0 Å². The van der Waals surface area contributed by atoms with Crippen LogP contribution in [0.5, 0.6) is 0 Å². The maximum atomic E-state index is 12.8. The maximum absolute atomic E-state index is 12.8. The van der Waals surface area contributed by atoms with Crippen molar-refractivity contribution in [1.82, 2.24) is 0 Å². The number of rotatable bonds is 45. The highest BCUT2D eigenvalue weighted by molar-refractivity contribution is 5.71. The van der Waals surface area contributed by atoms with Crippen LogP contribution in [0.25, 0.3) is 0 Å². The second kappa shape index (κ2) is 43.5. The fraction of sp³-hybridized carbons (Fsp3) is 0.942. The van der Waals surface area contributed by atoms with Crippen molar-refractivity contribution < 1.29 is 28.6 Å². The molecule has 6 heteroatoms. The maximum Gasteiger partial charge on any atom is 0.306 e. The van der Waals surface area contributed by atoms with Crippen molar-refractivity contribution in [2.24, 2.45) is 17.8 Å². The molecule has 0 aliphatic carbocycles. The van der Waals surface area contributed by atoms with E-state index in [1.807, 2.05) is 0 Å². The van der Waals surface area contributed by atoms with Crippen molar-refractivity contribution in [2.75, 3.05) is 13.2 Å². The lowest BCUT2D eigenvalue weighted by Gasteiger charge is -2.18. The number of hydrogen-bond donors (Lipinski definition) is 0. The highest BCUT2D eigenvalue weighted by Gasteiger charge is 2.19. The Morgan fingerprint density at radius 1 is 0.293 bits per heavy atom. The molecule has 58 heavy (non-hydrogen) atoms. The van der Waals surface area contributed by atoms with Crippen LogP contribution in [0, 0.1) is 17.8 Å². The molecule has 6 nitrogen and oxygen atoms in total. The monoisotopic (exact) mass is 821 g/mol. The summed E-state index contributed by atoms with van der Waals surface area (Å²) in [7, 11) is 0. The van der Waals surface area contributed by atoms with E-state index in [2.05, 4.69) is 41.5 Å². The van der Waals surface area contributed by atoms with Crippen LogP contribution in [0.2, 0.25) is 0 Å². The van der Waals surface area contributed by atoms with Crippen LogP contribution in [-0.2, 0) is 28.6 Å². The summed E-state index contributed by atoms with van der Waals surface area (Å²) in [5.74, 6) is 1.56. The normalized spacial score (nSPS) is 12.2. The number of carbonyl (C=O) groups is 3. The quantitative estimate of drug-likeness (QED) is 0.0346. The number of hydrogen-bond acceptors (Lipinski definition) is 6. The van der Waals surface area contributed by atoms with Gasteiger partial charge in [0, 0.05) is 19.3 Å². The third kappa shape index (κ3) is 45.5. The van der Waals surface area contributed by atoms with Crippen LogP contribution in [0.3, 0.4) is 0 Å². The summed E-state index contributed by atoms with van der Waals surface area (Å²) < 4.78 is 16.8. The van der Waals surface area contributed by atoms with E-state index in [1.54, 1.807) is 0 Å². The van der Waals surface area contributed by atoms with Gasteiger partial charge in [-0.25, -0.2) is 0 Å². The Hall–Kier alpha value is -1.59. The van der Waals surface area contributed by atoms with Gasteiger partial charge in [0.05, 0.1) is 0 Å². The lowest BCUT2D eigenvalue weighted by atomic mass is 10.0. The van der Waals surface area contributed by atoms with Crippen LogP contribution < -0.4 is 0 Å². The minimum Gasteiger partial charge on any atom is -0.462 e. The van der Waals surface area contributed by atoms with Gasteiger partial charge in [-0.15, -0.1) is 0 Å². The predicted octanol–water partition coefficient (Wildman–Crippen LogP) is 16.4. The van der Waals surface area contributed by atoms with Crippen LogP contribution in [0.1, 0.15) is 279 Å². The van der Waals surface area contributed by atoms with Gasteiger partial charge in [-0.3, -0.25) is 14.4 Å². The molecule has 0 fully saturated rings. The van der Waals surface area contributed by atoms with Crippen LogP contribution in [-0.4, -0.2) is 37.2 Å². The van der Waals surface area contributed by atoms with Crippen molar-refractivity contribution in [2.45, 2.75) is 285 Å². The molecule has 1 atom stereocenters. The molecule has 0 saturated carbocycles. The van der Waals surface area contributed by atoms with Crippen molar-refractivity contribution >= 4 is 17.9 Å². The second-order valence-corrected chi connectivity index (χ2v) is 19.2. The number of carbonyl (C=O) groups excluding carboxylic acids is 3. The van der Waals surface area contributed by atoms with Crippen molar-refractivity contribution in [3.8, 4) is 0 Å².